The van der Waals surface area contributed by atoms with E-state index in [9.17, 15) is 37.1 Å². The molecular weight excluding hydrogens is 543 g/mol. The van der Waals surface area contributed by atoms with E-state index in [2.05, 4.69) is 26.3 Å². The van der Waals surface area contributed by atoms with Crippen LogP contribution in [0.1, 0.15) is 62.2 Å². The molecule has 0 spiro atoms. The van der Waals surface area contributed by atoms with Gasteiger partial charge in [0.25, 0.3) is 11.8 Å². The first-order valence-corrected chi connectivity index (χ1v) is 13.1. The van der Waals surface area contributed by atoms with Crippen LogP contribution in [0.5, 0.6) is 0 Å². The molecule has 3 atom stereocenters. The van der Waals surface area contributed by atoms with E-state index in [-0.39, 0.29) is 60.1 Å². The van der Waals surface area contributed by atoms with E-state index in [1.165, 1.54) is 6.07 Å². The normalized spacial score (nSPS) is 29.8. The number of anilines is 1. The molecule has 14 heteroatoms. The largest absolute Gasteiger partial charge is 0.394 e. The number of hydrogen-bond donors (Lipinski definition) is 4. The van der Waals surface area contributed by atoms with Gasteiger partial charge in [-0.3, -0.25) is 24.0 Å². The van der Waals surface area contributed by atoms with Gasteiger partial charge in [0.15, 0.2) is 0 Å². The molecule has 1 aliphatic heterocycles. The van der Waals surface area contributed by atoms with Crippen LogP contribution in [-0.2, 0) is 19.2 Å². The maximum absolute atomic E-state index is 13.3. The fourth-order valence-corrected chi connectivity index (χ4v) is 5.99. The summed E-state index contributed by atoms with van der Waals surface area (Å²) in [5, 5.41) is 10.3. The zero-order valence-corrected chi connectivity index (χ0v) is 21.7. The van der Waals surface area contributed by atoms with Crippen LogP contribution in [0, 0.1) is 16.7 Å². The summed E-state index contributed by atoms with van der Waals surface area (Å²) in [5.74, 6) is -4.55. The van der Waals surface area contributed by atoms with Crippen LogP contribution in [0.3, 0.4) is 0 Å². The van der Waals surface area contributed by atoms with Gasteiger partial charge in [0.05, 0.1) is 27.5 Å². The van der Waals surface area contributed by atoms with Crippen LogP contribution < -0.4 is 21.3 Å². The van der Waals surface area contributed by atoms with E-state index in [0.29, 0.717) is 6.42 Å². The minimum atomic E-state index is -4.39. The second-order valence-corrected chi connectivity index (χ2v) is 11.7. The van der Waals surface area contributed by atoms with Gasteiger partial charge in [0, 0.05) is 24.2 Å². The molecule has 4 aliphatic carbocycles. The Balaban J connectivity index is 1.32. The quantitative estimate of drug-likeness (QED) is 0.336. The second kappa shape index (κ2) is 9.46. The van der Waals surface area contributed by atoms with Gasteiger partial charge in [-0.1, -0.05) is 11.6 Å². The molecule has 6 rings (SSSR count). The fourth-order valence-electron chi connectivity index (χ4n) is 5.83. The Hall–Kier alpha value is -3.22. The molecule has 2 heterocycles. The van der Waals surface area contributed by atoms with Gasteiger partial charge >= 0.3 is 6.18 Å². The van der Waals surface area contributed by atoms with E-state index in [1.54, 1.807) is 6.92 Å². The lowest BCUT2D eigenvalue weighted by molar-refractivity contribution is -0.349. The topological polar surface area (TPSA) is 146 Å². The van der Waals surface area contributed by atoms with Crippen molar-refractivity contribution in [2.24, 2.45) is 16.7 Å². The highest BCUT2D eigenvalue weighted by atomic mass is 35.5. The number of amides is 4. The molecule has 1 aromatic rings. The molecular formula is C25H27ClF3N5O5. The van der Waals surface area contributed by atoms with Crippen molar-refractivity contribution in [2.75, 3.05) is 5.32 Å². The molecule has 4 N–H and O–H groups in total. The smallest absolute Gasteiger partial charge is 0.353 e. The van der Waals surface area contributed by atoms with Gasteiger partial charge in [-0.05, 0) is 57.9 Å². The molecule has 210 valence electrons. The number of pyridine rings is 1. The van der Waals surface area contributed by atoms with E-state index in [1.807, 2.05) is 0 Å². The van der Waals surface area contributed by atoms with Crippen LogP contribution in [-0.4, -0.2) is 58.7 Å². The Morgan fingerprint density at radius 2 is 1.87 bits per heavy atom. The third kappa shape index (κ3) is 5.08. The first-order chi connectivity index (χ1) is 18.2. The lowest BCUT2D eigenvalue weighted by atomic mass is 9.34. The molecule has 4 saturated carbocycles. The number of nitrogens with one attached hydrogen (secondary N) is 4. The number of ketones is 1. The molecule has 5 fully saturated rings. The average Bonchev–Trinajstić information content (AvgIpc) is 3.53. The van der Waals surface area contributed by atoms with Crippen molar-refractivity contribution in [2.45, 2.75) is 76.2 Å². The summed E-state index contributed by atoms with van der Waals surface area (Å²) in [6.07, 6.45) is -2.48. The minimum Gasteiger partial charge on any atom is -0.353 e. The van der Waals surface area contributed by atoms with Crippen LogP contribution in [0.4, 0.5) is 19.0 Å². The van der Waals surface area contributed by atoms with E-state index in [4.69, 9.17) is 11.6 Å². The van der Waals surface area contributed by atoms with Crippen LogP contribution in [0.25, 0.3) is 0 Å². The summed E-state index contributed by atoms with van der Waals surface area (Å²) in [6, 6.07) is -0.416. The Kier molecular flexibility index (Phi) is 6.63. The second-order valence-electron chi connectivity index (χ2n) is 11.3. The number of rotatable bonds is 9. The highest BCUT2D eigenvalue weighted by Crippen LogP contribution is 2.78. The van der Waals surface area contributed by atoms with Gasteiger partial charge in [0.2, 0.25) is 17.6 Å². The number of nitrogens with zero attached hydrogens (tertiary/aromatic N) is 1. The molecule has 5 aliphatic rings. The standard InChI is InChI=1S/C25H27ClF3N5O5/c1-11-4-12(19(36)31-11)5-16(17(35)21(38)32-14-2-3-14)33-20(37)15-6-13(26)7-30-18(15)34-22(39)23-8-24(9-23,10-23)25(27,28)29/h6-7,11-12,14,16H,2-5,8-10H2,1H3,(H,31,36)(H,32,38)(H,33,37)(H,30,34,39)/t11-,12?,16+,23?,24?/m1/s1. The van der Waals surface area contributed by atoms with Crippen molar-refractivity contribution < 1.29 is 37.1 Å². The van der Waals surface area contributed by atoms with E-state index < -0.39 is 52.5 Å². The summed E-state index contributed by atoms with van der Waals surface area (Å²) in [5.41, 5.74) is -3.26. The third-order valence-electron chi connectivity index (χ3n) is 8.12. The first-order valence-electron chi connectivity index (χ1n) is 12.7. The van der Waals surface area contributed by atoms with Crippen molar-refractivity contribution in [3.63, 3.8) is 0 Å². The summed E-state index contributed by atoms with van der Waals surface area (Å²) in [4.78, 5) is 68.0. The number of alkyl halides is 3. The SMILES string of the molecule is C[C@@H]1CC(C[C@H](NC(=O)c2cc(Cl)cnc2NC(=O)C23CC(C(F)(F)F)(C2)C3)C(=O)C(=O)NC2CC2)C(=O)N1. The molecule has 1 aromatic heterocycles. The van der Waals surface area contributed by atoms with E-state index >= 15 is 0 Å². The molecule has 2 bridgehead atoms. The molecule has 10 nitrogen and oxygen atoms in total. The van der Waals surface area contributed by atoms with Gasteiger partial charge in [-0.2, -0.15) is 13.2 Å². The average molecular weight is 570 g/mol. The van der Waals surface area contributed by atoms with Crippen molar-refractivity contribution in [1.82, 2.24) is 20.9 Å². The van der Waals surface area contributed by atoms with Crippen molar-refractivity contribution in [3.05, 3.63) is 22.8 Å². The number of carbonyl (C=O) groups excluding carboxylic acids is 5. The number of Topliss-reactive ketones (excluding diaryl/α,β-unsaturated/α-hetero) is 1. The number of carbonyl (C=O) groups is 5. The highest BCUT2D eigenvalue weighted by Gasteiger charge is 2.81. The Morgan fingerprint density at radius 1 is 1.21 bits per heavy atom. The Morgan fingerprint density at radius 3 is 2.44 bits per heavy atom. The maximum atomic E-state index is 13.3. The molecule has 4 amide bonds. The molecule has 1 unspecified atom stereocenters. The van der Waals surface area contributed by atoms with Crippen molar-refractivity contribution in [1.29, 1.82) is 0 Å². The monoisotopic (exact) mass is 569 g/mol. The van der Waals surface area contributed by atoms with Gasteiger partial charge in [0.1, 0.15) is 5.82 Å². The fraction of sp³-hybridized carbons (Fsp3) is 0.600. The number of halogens is 4. The maximum Gasteiger partial charge on any atom is 0.394 e. The first kappa shape index (κ1) is 27.4. The lowest BCUT2D eigenvalue weighted by Gasteiger charge is -2.68. The predicted octanol–water partition coefficient (Wildman–Crippen LogP) is 2.27. The highest BCUT2D eigenvalue weighted by molar-refractivity contribution is 6.38. The van der Waals surface area contributed by atoms with Gasteiger partial charge < -0.3 is 21.3 Å². The van der Waals surface area contributed by atoms with Crippen LogP contribution >= 0.6 is 11.6 Å². The summed E-state index contributed by atoms with van der Waals surface area (Å²) >= 11 is 6.02. The van der Waals surface area contributed by atoms with E-state index in [0.717, 1.165) is 19.0 Å². The summed E-state index contributed by atoms with van der Waals surface area (Å²) in [7, 11) is 0. The molecule has 0 aromatic carbocycles. The van der Waals surface area contributed by atoms with Gasteiger partial charge in [-0.25, -0.2) is 4.98 Å². The molecule has 1 saturated heterocycles. The zero-order valence-electron chi connectivity index (χ0n) is 20.9. The zero-order chi connectivity index (χ0) is 28.3. The van der Waals surface area contributed by atoms with Crippen LogP contribution in [0.2, 0.25) is 5.02 Å². The van der Waals surface area contributed by atoms with Crippen molar-refractivity contribution >= 4 is 46.8 Å². The summed E-state index contributed by atoms with van der Waals surface area (Å²) < 4.78 is 39.6. The van der Waals surface area contributed by atoms with Gasteiger partial charge in [-0.15, -0.1) is 0 Å². The minimum absolute atomic E-state index is 0.0260. The molecule has 0 radical (unpaired) electrons. The number of aromatic nitrogens is 1. The molecule has 39 heavy (non-hydrogen) atoms. The number of hydrogen-bond acceptors (Lipinski definition) is 6. The predicted molar refractivity (Wildman–Crippen MR) is 130 cm³/mol. The Bertz CT molecular complexity index is 1250. The third-order valence-corrected chi connectivity index (χ3v) is 8.33. The lowest BCUT2D eigenvalue weighted by Crippen LogP contribution is -2.71. The van der Waals surface area contributed by atoms with Crippen molar-refractivity contribution in [3.8, 4) is 0 Å². The Labute approximate surface area is 226 Å². The summed E-state index contributed by atoms with van der Waals surface area (Å²) in [6.45, 7) is 1.79. The van der Waals surface area contributed by atoms with Crippen LogP contribution in [0.15, 0.2) is 12.3 Å².